The van der Waals surface area contributed by atoms with Gasteiger partial charge in [-0.3, -0.25) is 18.7 Å². The molecular formula is C23H27N3O5. The molecule has 3 rings (SSSR count). The highest BCUT2D eigenvalue weighted by molar-refractivity contribution is 5.81. The van der Waals surface area contributed by atoms with Gasteiger partial charge in [-0.1, -0.05) is 31.2 Å². The molecule has 0 saturated heterocycles. The van der Waals surface area contributed by atoms with E-state index in [1.54, 1.807) is 37.4 Å². The summed E-state index contributed by atoms with van der Waals surface area (Å²) in [6, 6.07) is 12.0. The minimum atomic E-state index is -0.493. The molecule has 0 aliphatic rings. The molecule has 1 N–H and O–H groups in total. The van der Waals surface area contributed by atoms with E-state index in [2.05, 4.69) is 5.32 Å². The van der Waals surface area contributed by atoms with Crippen molar-refractivity contribution in [2.45, 2.75) is 39.4 Å². The molecule has 0 aliphatic carbocycles. The van der Waals surface area contributed by atoms with E-state index >= 15 is 0 Å². The maximum absolute atomic E-state index is 13.1. The Morgan fingerprint density at radius 1 is 1.06 bits per heavy atom. The lowest BCUT2D eigenvalue weighted by Gasteiger charge is -2.18. The van der Waals surface area contributed by atoms with E-state index in [4.69, 9.17) is 9.47 Å². The van der Waals surface area contributed by atoms with Crippen LogP contribution < -0.4 is 26.0 Å². The van der Waals surface area contributed by atoms with Gasteiger partial charge < -0.3 is 14.8 Å². The summed E-state index contributed by atoms with van der Waals surface area (Å²) in [5.74, 6) is 0.752. The normalized spacial score (nSPS) is 11.9. The Morgan fingerprint density at radius 2 is 1.81 bits per heavy atom. The molecule has 0 saturated carbocycles. The van der Waals surface area contributed by atoms with Gasteiger partial charge in [0.1, 0.15) is 6.54 Å². The van der Waals surface area contributed by atoms with Gasteiger partial charge in [0.05, 0.1) is 25.1 Å². The van der Waals surface area contributed by atoms with Gasteiger partial charge in [-0.2, -0.15) is 0 Å². The van der Waals surface area contributed by atoms with E-state index < -0.39 is 5.69 Å². The van der Waals surface area contributed by atoms with Crippen LogP contribution in [-0.4, -0.2) is 29.3 Å². The van der Waals surface area contributed by atoms with Crippen LogP contribution >= 0.6 is 0 Å². The molecule has 1 atom stereocenters. The second-order valence-corrected chi connectivity index (χ2v) is 7.25. The summed E-state index contributed by atoms with van der Waals surface area (Å²) in [5.41, 5.74) is 0.350. The Morgan fingerprint density at radius 3 is 2.48 bits per heavy atom. The van der Waals surface area contributed by atoms with Crippen molar-refractivity contribution in [3.8, 4) is 11.5 Å². The van der Waals surface area contributed by atoms with Crippen LogP contribution in [0, 0.1) is 0 Å². The first-order valence-electron chi connectivity index (χ1n) is 10.1. The molecule has 0 radical (unpaired) electrons. The van der Waals surface area contributed by atoms with Crippen molar-refractivity contribution >= 4 is 16.8 Å². The Balaban J connectivity index is 1.93. The average molecular weight is 425 g/mol. The van der Waals surface area contributed by atoms with Gasteiger partial charge in [0, 0.05) is 18.2 Å². The van der Waals surface area contributed by atoms with Crippen LogP contribution in [0.3, 0.4) is 0 Å². The van der Waals surface area contributed by atoms with Crippen LogP contribution in [0.5, 0.6) is 11.5 Å². The highest BCUT2D eigenvalue weighted by Gasteiger charge is 2.18. The number of rotatable bonds is 8. The molecule has 1 amide bonds. The first-order chi connectivity index (χ1) is 14.9. The number of nitrogens with zero attached hydrogens (tertiary/aromatic N) is 2. The number of ether oxygens (including phenoxy) is 2. The molecule has 3 aromatic rings. The van der Waals surface area contributed by atoms with Crippen LogP contribution in [0.25, 0.3) is 10.9 Å². The standard InChI is InChI=1S/C23H27N3O5/c1-5-15(2)26-22(28)17-10-6-7-11-18(17)25(23(26)29)14-20(27)24-13-16-9-8-12-19(30-3)21(16)31-4/h6-12,15H,5,13-14H2,1-4H3,(H,24,27). The summed E-state index contributed by atoms with van der Waals surface area (Å²) in [7, 11) is 3.08. The van der Waals surface area contributed by atoms with Gasteiger partial charge in [0.2, 0.25) is 5.91 Å². The second-order valence-electron chi connectivity index (χ2n) is 7.25. The Bertz CT molecular complexity index is 1210. The van der Waals surface area contributed by atoms with Crippen molar-refractivity contribution in [1.82, 2.24) is 14.5 Å². The summed E-state index contributed by atoms with van der Waals surface area (Å²) in [5, 5.41) is 3.23. The molecule has 1 aromatic heterocycles. The first kappa shape index (κ1) is 22.1. The molecule has 8 nitrogen and oxygen atoms in total. The summed E-state index contributed by atoms with van der Waals surface area (Å²) in [4.78, 5) is 38.7. The maximum Gasteiger partial charge on any atom is 0.332 e. The van der Waals surface area contributed by atoms with Crippen molar-refractivity contribution < 1.29 is 14.3 Å². The topological polar surface area (TPSA) is 91.6 Å². The highest BCUT2D eigenvalue weighted by Crippen LogP contribution is 2.30. The highest BCUT2D eigenvalue weighted by atomic mass is 16.5. The largest absolute Gasteiger partial charge is 0.493 e. The molecule has 1 heterocycles. The lowest BCUT2D eigenvalue weighted by atomic mass is 10.2. The third kappa shape index (κ3) is 4.33. The SMILES string of the molecule is CCC(C)n1c(=O)c2ccccc2n(CC(=O)NCc2cccc(OC)c2OC)c1=O. The van der Waals surface area contributed by atoms with Gasteiger partial charge in [-0.05, 0) is 31.5 Å². The van der Waals surface area contributed by atoms with Crippen molar-refractivity contribution in [2.24, 2.45) is 0 Å². The van der Waals surface area contributed by atoms with E-state index in [9.17, 15) is 14.4 Å². The van der Waals surface area contributed by atoms with Gasteiger partial charge in [0.15, 0.2) is 11.5 Å². The van der Waals surface area contributed by atoms with E-state index in [-0.39, 0.29) is 30.6 Å². The van der Waals surface area contributed by atoms with Crippen molar-refractivity contribution in [1.29, 1.82) is 0 Å². The Labute approximate surface area is 180 Å². The van der Waals surface area contributed by atoms with E-state index in [0.29, 0.717) is 28.8 Å². The number of nitrogens with one attached hydrogen (secondary N) is 1. The molecule has 0 aliphatic heterocycles. The van der Waals surface area contributed by atoms with Gasteiger partial charge >= 0.3 is 5.69 Å². The number of amides is 1. The number of hydrogen-bond donors (Lipinski definition) is 1. The van der Waals surface area contributed by atoms with Crippen LogP contribution in [0.2, 0.25) is 0 Å². The lowest BCUT2D eigenvalue weighted by Crippen LogP contribution is -2.43. The number of methoxy groups -OCH3 is 2. The number of para-hydroxylation sites is 2. The zero-order chi connectivity index (χ0) is 22.5. The zero-order valence-corrected chi connectivity index (χ0v) is 18.2. The molecule has 164 valence electrons. The number of benzene rings is 2. The Hall–Kier alpha value is -3.55. The number of aromatic nitrogens is 2. The van der Waals surface area contributed by atoms with Gasteiger partial charge in [-0.25, -0.2) is 4.79 Å². The average Bonchev–Trinajstić information content (AvgIpc) is 2.79. The van der Waals surface area contributed by atoms with Crippen molar-refractivity contribution in [3.63, 3.8) is 0 Å². The molecule has 0 spiro atoms. The molecular weight excluding hydrogens is 398 g/mol. The van der Waals surface area contributed by atoms with Crippen LogP contribution in [0.15, 0.2) is 52.1 Å². The zero-order valence-electron chi connectivity index (χ0n) is 18.2. The molecule has 8 heteroatoms. The van der Waals surface area contributed by atoms with Gasteiger partial charge in [-0.15, -0.1) is 0 Å². The molecule has 0 fully saturated rings. The van der Waals surface area contributed by atoms with Crippen LogP contribution in [-0.2, 0) is 17.9 Å². The van der Waals surface area contributed by atoms with Crippen LogP contribution in [0.1, 0.15) is 31.9 Å². The van der Waals surface area contributed by atoms with E-state index in [0.717, 1.165) is 5.56 Å². The molecule has 31 heavy (non-hydrogen) atoms. The number of carbonyl (C=O) groups is 1. The third-order valence-electron chi connectivity index (χ3n) is 5.37. The summed E-state index contributed by atoms with van der Waals surface area (Å²) in [6.45, 7) is 3.72. The van der Waals surface area contributed by atoms with Crippen LogP contribution in [0.4, 0.5) is 0 Å². The summed E-state index contributed by atoms with van der Waals surface area (Å²) >= 11 is 0. The minimum Gasteiger partial charge on any atom is -0.493 e. The van der Waals surface area contributed by atoms with Crippen molar-refractivity contribution in [2.75, 3.05) is 14.2 Å². The minimum absolute atomic E-state index is 0.205. The predicted octanol–water partition coefficient (Wildman–Crippen LogP) is 2.47. The van der Waals surface area contributed by atoms with E-state index in [1.807, 2.05) is 26.0 Å². The van der Waals surface area contributed by atoms with E-state index in [1.165, 1.54) is 16.2 Å². The number of carbonyl (C=O) groups excluding carboxylic acids is 1. The van der Waals surface area contributed by atoms with Gasteiger partial charge in [0.25, 0.3) is 5.56 Å². The first-order valence-corrected chi connectivity index (χ1v) is 10.1. The maximum atomic E-state index is 13.1. The number of fused-ring (bicyclic) bond motifs is 1. The predicted molar refractivity (Wildman–Crippen MR) is 119 cm³/mol. The second kappa shape index (κ2) is 9.51. The molecule has 1 unspecified atom stereocenters. The fourth-order valence-electron chi connectivity index (χ4n) is 3.55. The molecule has 2 aromatic carbocycles. The number of hydrogen-bond acceptors (Lipinski definition) is 5. The monoisotopic (exact) mass is 425 g/mol. The summed E-state index contributed by atoms with van der Waals surface area (Å²) < 4.78 is 13.2. The quantitative estimate of drug-likeness (QED) is 0.599. The smallest absolute Gasteiger partial charge is 0.332 e. The third-order valence-corrected chi connectivity index (χ3v) is 5.37. The summed E-state index contributed by atoms with van der Waals surface area (Å²) in [6.07, 6.45) is 0.620. The fourth-order valence-corrected chi connectivity index (χ4v) is 3.55. The Kier molecular flexibility index (Phi) is 6.79. The van der Waals surface area contributed by atoms with Crippen molar-refractivity contribution in [3.05, 3.63) is 68.9 Å². The fraction of sp³-hybridized carbons (Fsp3) is 0.348. The molecule has 0 bridgehead atoms. The lowest BCUT2D eigenvalue weighted by molar-refractivity contribution is -0.121.